The number of allylic oxidation sites excluding steroid dienone is 1. The fourth-order valence-corrected chi connectivity index (χ4v) is 1.70. The van der Waals surface area contributed by atoms with E-state index in [1.165, 1.54) is 12.2 Å². The number of aliphatic carboxylic acids is 2. The van der Waals surface area contributed by atoms with Crippen molar-refractivity contribution < 1.29 is 33.8 Å². The van der Waals surface area contributed by atoms with Crippen molar-refractivity contribution in [3.63, 3.8) is 0 Å². The van der Waals surface area contributed by atoms with Gasteiger partial charge in [0.2, 0.25) is 0 Å². The van der Waals surface area contributed by atoms with E-state index in [0.29, 0.717) is 23.9 Å². The lowest BCUT2D eigenvalue weighted by Crippen LogP contribution is -2.43. The Morgan fingerprint density at radius 1 is 1.14 bits per heavy atom. The molecule has 0 saturated heterocycles. The molecule has 120 valence electrons. The molecule has 0 aromatic carbocycles. The number of unbranched alkanes of at least 4 members (excludes halogenated alkanes) is 1. The first kappa shape index (κ1) is 19.1. The van der Waals surface area contributed by atoms with Gasteiger partial charge in [-0.15, -0.1) is 0 Å². The number of esters is 1. The third-order valence-electron chi connectivity index (χ3n) is 2.45. The lowest BCUT2D eigenvalue weighted by atomic mass is 10.2. The molecule has 0 radical (unpaired) electrons. The summed E-state index contributed by atoms with van der Waals surface area (Å²) in [4.78, 5) is 32.7. The van der Waals surface area contributed by atoms with Crippen LogP contribution in [0.1, 0.15) is 25.7 Å². The van der Waals surface area contributed by atoms with Gasteiger partial charge in [0, 0.05) is 12.5 Å². The van der Waals surface area contributed by atoms with E-state index >= 15 is 0 Å². The van der Waals surface area contributed by atoms with Gasteiger partial charge < -0.3 is 19.4 Å². The molecule has 0 bridgehead atoms. The Bertz CT molecular complexity index is 397. The Kier molecular flexibility index (Phi) is 8.30. The molecule has 0 aliphatic carbocycles. The van der Waals surface area contributed by atoms with Crippen LogP contribution in [-0.2, 0) is 19.1 Å². The highest BCUT2D eigenvalue weighted by Gasteiger charge is 2.23. The maximum absolute atomic E-state index is 11.6. The summed E-state index contributed by atoms with van der Waals surface area (Å²) in [6, 6.07) is 0. The fraction of sp³-hybridized carbons (Fsp3) is 0.643. The Morgan fingerprint density at radius 3 is 2.24 bits per heavy atom. The molecular weight excluding hydrogens is 278 g/mol. The quantitative estimate of drug-likeness (QED) is 0.269. The zero-order valence-electron chi connectivity index (χ0n) is 12.7. The van der Waals surface area contributed by atoms with Crippen LogP contribution in [0, 0.1) is 0 Å². The van der Waals surface area contributed by atoms with E-state index in [-0.39, 0.29) is 12.8 Å². The van der Waals surface area contributed by atoms with E-state index in [0.717, 1.165) is 0 Å². The maximum Gasteiger partial charge on any atom is 0.330 e. The number of likely N-dealkylation sites (N-methyl/N-ethyl adjacent to an activating group) is 1. The van der Waals surface area contributed by atoms with E-state index in [1.807, 2.05) is 21.1 Å². The Morgan fingerprint density at radius 2 is 1.76 bits per heavy atom. The SMILES string of the molecule is C[N+](C)(C)CC(CC(=O)O)OC(=O)/C=C/CCCC(=O)O. The van der Waals surface area contributed by atoms with Gasteiger partial charge in [0.25, 0.3) is 0 Å². The largest absolute Gasteiger partial charge is 0.481 e. The Hall–Kier alpha value is -1.89. The molecule has 0 aliphatic heterocycles. The van der Waals surface area contributed by atoms with Crippen molar-refractivity contribution in [2.24, 2.45) is 0 Å². The van der Waals surface area contributed by atoms with Gasteiger partial charge in [-0.3, -0.25) is 9.59 Å². The molecule has 2 N–H and O–H groups in total. The van der Waals surface area contributed by atoms with E-state index in [2.05, 4.69) is 0 Å². The van der Waals surface area contributed by atoms with Crippen molar-refractivity contribution in [3.8, 4) is 0 Å². The van der Waals surface area contributed by atoms with Gasteiger partial charge in [-0.1, -0.05) is 6.08 Å². The highest BCUT2D eigenvalue weighted by Crippen LogP contribution is 2.06. The van der Waals surface area contributed by atoms with Gasteiger partial charge >= 0.3 is 17.9 Å². The lowest BCUT2D eigenvalue weighted by molar-refractivity contribution is -0.873. The number of quaternary nitrogens is 1. The molecule has 0 heterocycles. The smallest absolute Gasteiger partial charge is 0.330 e. The third-order valence-corrected chi connectivity index (χ3v) is 2.45. The summed E-state index contributed by atoms with van der Waals surface area (Å²) in [6.45, 7) is 0.394. The standard InChI is InChI=1S/C14H23NO6/c1-15(2,3)10-11(9-13(18)19)21-14(20)8-6-4-5-7-12(16)17/h6,8,11H,4-5,7,9-10H2,1-3H3,(H-,16,17,18,19)/p+1/b8-6+. The van der Waals surface area contributed by atoms with Crippen LogP contribution >= 0.6 is 0 Å². The summed E-state index contributed by atoms with van der Waals surface area (Å²) in [5, 5.41) is 17.3. The molecule has 7 nitrogen and oxygen atoms in total. The van der Waals surface area contributed by atoms with E-state index < -0.39 is 24.0 Å². The van der Waals surface area contributed by atoms with Gasteiger partial charge in [0.05, 0.1) is 27.6 Å². The summed E-state index contributed by atoms with van der Waals surface area (Å²) in [5.41, 5.74) is 0. The summed E-state index contributed by atoms with van der Waals surface area (Å²) < 4.78 is 5.61. The molecule has 21 heavy (non-hydrogen) atoms. The van der Waals surface area contributed by atoms with Gasteiger partial charge in [-0.05, 0) is 12.8 Å². The second-order valence-electron chi connectivity index (χ2n) is 5.82. The number of carboxylic acids is 2. The fourth-order valence-electron chi connectivity index (χ4n) is 1.70. The van der Waals surface area contributed by atoms with Crippen LogP contribution in [0.25, 0.3) is 0 Å². The van der Waals surface area contributed by atoms with Gasteiger partial charge in [0.15, 0.2) is 6.10 Å². The zero-order valence-corrected chi connectivity index (χ0v) is 12.7. The molecule has 1 unspecified atom stereocenters. The highest BCUT2D eigenvalue weighted by atomic mass is 16.5. The molecule has 0 aliphatic rings. The number of ether oxygens (including phenoxy) is 1. The predicted octanol–water partition coefficient (Wildman–Crippen LogP) is 0.890. The van der Waals surface area contributed by atoms with Gasteiger partial charge in [-0.25, -0.2) is 4.79 Å². The average molecular weight is 302 g/mol. The summed E-state index contributed by atoms with van der Waals surface area (Å²) >= 11 is 0. The van der Waals surface area contributed by atoms with Crippen LogP contribution in [0.3, 0.4) is 0 Å². The Balaban J connectivity index is 4.29. The molecule has 0 rings (SSSR count). The number of nitrogens with zero attached hydrogens (tertiary/aromatic N) is 1. The first-order chi connectivity index (χ1) is 9.60. The molecule has 0 amide bonds. The number of carbonyl (C=O) groups excluding carboxylic acids is 1. The van der Waals surface area contributed by atoms with E-state index in [4.69, 9.17) is 14.9 Å². The van der Waals surface area contributed by atoms with Crippen LogP contribution in [-0.4, -0.2) is 66.4 Å². The van der Waals surface area contributed by atoms with Crippen LogP contribution in [0.15, 0.2) is 12.2 Å². The summed E-state index contributed by atoms with van der Waals surface area (Å²) in [7, 11) is 5.64. The molecule has 7 heteroatoms. The van der Waals surface area contributed by atoms with Crippen molar-refractivity contribution in [2.75, 3.05) is 27.7 Å². The van der Waals surface area contributed by atoms with Crippen molar-refractivity contribution >= 4 is 17.9 Å². The van der Waals surface area contributed by atoms with Crippen LogP contribution < -0.4 is 0 Å². The van der Waals surface area contributed by atoms with E-state index in [9.17, 15) is 14.4 Å². The zero-order chi connectivity index (χ0) is 16.5. The number of carbonyl (C=O) groups is 3. The molecule has 0 spiro atoms. The maximum atomic E-state index is 11.6. The molecular formula is C14H24NO6+. The van der Waals surface area contributed by atoms with Gasteiger partial charge in [-0.2, -0.15) is 0 Å². The molecule has 0 fully saturated rings. The normalized spacial score (nSPS) is 13.1. The lowest BCUT2D eigenvalue weighted by Gasteiger charge is -2.28. The highest BCUT2D eigenvalue weighted by molar-refractivity contribution is 5.82. The van der Waals surface area contributed by atoms with Crippen LogP contribution in [0.5, 0.6) is 0 Å². The molecule has 1 atom stereocenters. The van der Waals surface area contributed by atoms with Crippen molar-refractivity contribution in [3.05, 3.63) is 12.2 Å². The molecule has 0 aromatic heterocycles. The molecule has 0 saturated carbocycles. The first-order valence-corrected chi connectivity index (χ1v) is 6.71. The average Bonchev–Trinajstić information content (AvgIpc) is 2.24. The minimum atomic E-state index is -1.02. The third kappa shape index (κ3) is 12.9. The Labute approximate surface area is 124 Å². The molecule has 0 aromatic rings. The van der Waals surface area contributed by atoms with Crippen molar-refractivity contribution in [1.29, 1.82) is 0 Å². The number of hydrogen-bond donors (Lipinski definition) is 2. The topological polar surface area (TPSA) is 101 Å². The second kappa shape index (κ2) is 9.12. The van der Waals surface area contributed by atoms with Crippen LogP contribution in [0.4, 0.5) is 0 Å². The first-order valence-electron chi connectivity index (χ1n) is 6.71. The number of carboxylic acid groups (broad SMARTS) is 2. The van der Waals surface area contributed by atoms with E-state index in [1.54, 1.807) is 0 Å². The minimum Gasteiger partial charge on any atom is -0.481 e. The van der Waals surface area contributed by atoms with Gasteiger partial charge in [0.1, 0.15) is 6.54 Å². The number of rotatable bonds is 10. The monoisotopic (exact) mass is 302 g/mol. The summed E-state index contributed by atoms with van der Waals surface area (Å²) in [6.07, 6.45) is 2.76. The van der Waals surface area contributed by atoms with Crippen molar-refractivity contribution in [1.82, 2.24) is 0 Å². The van der Waals surface area contributed by atoms with Crippen molar-refractivity contribution in [2.45, 2.75) is 31.8 Å². The summed E-state index contributed by atoms with van der Waals surface area (Å²) in [5.74, 6) is -2.51. The second-order valence-corrected chi connectivity index (χ2v) is 5.82. The van der Waals surface area contributed by atoms with Crippen LogP contribution in [0.2, 0.25) is 0 Å². The number of hydrogen-bond acceptors (Lipinski definition) is 4. The predicted molar refractivity (Wildman–Crippen MR) is 75.7 cm³/mol. The minimum absolute atomic E-state index is 0.0442.